The zero-order valence-corrected chi connectivity index (χ0v) is 20.1. The van der Waals surface area contributed by atoms with Crippen LogP contribution < -0.4 is 24.8 Å². The van der Waals surface area contributed by atoms with Crippen LogP contribution in [0, 0.1) is 0 Å². The lowest BCUT2D eigenvalue weighted by Gasteiger charge is -2.17. The highest BCUT2D eigenvalue weighted by Crippen LogP contribution is 2.37. The Bertz CT molecular complexity index is 1060. The fourth-order valence-electron chi connectivity index (χ4n) is 3.17. The van der Waals surface area contributed by atoms with E-state index in [4.69, 9.17) is 38.0 Å². The van der Waals surface area contributed by atoms with Crippen molar-refractivity contribution in [3.8, 4) is 17.2 Å². The lowest BCUT2D eigenvalue weighted by molar-refractivity contribution is -0.123. The van der Waals surface area contributed by atoms with Crippen LogP contribution in [0.3, 0.4) is 0 Å². The van der Waals surface area contributed by atoms with Crippen molar-refractivity contribution in [3.63, 3.8) is 0 Å². The van der Waals surface area contributed by atoms with Crippen LogP contribution in [-0.2, 0) is 9.59 Å². The molecule has 1 aliphatic rings. The molecule has 2 amide bonds. The molecule has 1 heterocycles. The van der Waals surface area contributed by atoms with E-state index in [0.717, 1.165) is 12.2 Å². The van der Waals surface area contributed by atoms with Gasteiger partial charge in [0.05, 0.1) is 12.1 Å². The molecule has 0 radical (unpaired) electrons. The van der Waals surface area contributed by atoms with E-state index < -0.39 is 11.8 Å². The lowest BCUT2D eigenvalue weighted by atomic mass is 9.99. The van der Waals surface area contributed by atoms with Gasteiger partial charge in [-0.1, -0.05) is 37.6 Å². The van der Waals surface area contributed by atoms with Crippen LogP contribution in [0.25, 0.3) is 6.08 Å². The number of methoxy groups -OCH3 is 1. The van der Waals surface area contributed by atoms with Crippen molar-refractivity contribution in [2.45, 2.75) is 26.2 Å². The van der Waals surface area contributed by atoms with Crippen molar-refractivity contribution in [3.05, 3.63) is 58.1 Å². The monoisotopic (exact) mass is 488 g/mol. The van der Waals surface area contributed by atoms with Gasteiger partial charge < -0.3 is 14.2 Å². The second-order valence-corrected chi connectivity index (χ2v) is 8.22. The van der Waals surface area contributed by atoms with E-state index in [-0.39, 0.29) is 22.3 Å². The van der Waals surface area contributed by atoms with Gasteiger partial charge in [0.15, 0.2) is 16.6 Å². The normalized spacial score (nSPS) is 14.3. The molecule has 9 heteroatoms. The predicted molar refractivity (Wildman–Crippen MR) is 131 cm³/mol. The first-order valence-corrected chi connectivity index (χ1v) is 11.2. The first kappa shape index (κ1) is 24.5. The summed E-state index contributed by atoms with van der Waals surface area (Å²) in [6.07, 6.45) is 2.48. The molecule has 3 rings (SSSR count). The molecule has 1 saturated heterocycles. The lowest BCUT2D eigenvalue weighted by Crippen LogP contribution is -2.51. The highest BCUT2D eigenvalue weighted by molar-refractivity contribution is 7.80. The maximum absolute atomic E-state index is 12.1. The fraction of sp³-hybridized carbons (Fsp3) is 0.292. The Hall–Kier alpha value is -3.10. The summed E-state index contributed by atoms with van der Waals surface area (Å²) >= 11 is 11.2. The van der Waals surface area contributed by atoms with Crippen LogP contribution in [0.1, 0.15) is 37.3 Å². The maximum Gasteiger partial charge on any atom is 0.263 e. The molecule has 0 spiro atoms. The van der Waals surface area contributed by atoms with Gasteiger partial charge in [0.1, 0.15) is 24.5 Å². The van der Waals surface area contributed by atoms with Gasteiger partial charge in [0.2, 0.25) is 0 Å². The molecule has 7 nitrogen and oxygen atoms in total. The molecule has 0 aliphatic carbocycles. The summed E-state index contributed by atoms with van der Waals surface area (Å²) < 4.78 is 16.9. The molecule has 33 heavy (non-hydrogen) atoms. The molecule has 1 atom stereocenters. The number of nitrogens with one attached hydrogen (secondary N) is 2. The van der Waals surface area contributed by atoms with Crippen molar-refractivity contribution < 1.29 is 23.8 Å². The van der Waals surface area contributed by atoms with Crippen LogP contribution in [0.4, 0.5) is 0 Å². The van der Waals surface area contributed by atoms with E-state index in [2.05, 4.69) is 36.6 Å². The van der Waals surface area contributed by atoms with Gasteiger partial charge in [-0.2, -0.15) is 0 Å². The van der Waals surface area contributed by atoms with Crippen LogP contribution >= 0.6 is 23.8 Å². The number of halogens is 1. The minimum absolute atomic E-state index is 0.0322. The van der Waals surface area contributed by atoms with Crippen LogP contribution in [0.5, 0.6) is 17.2 Å². The minimum atomic E-state index is -0.589. The third kappa shape index (κ3) is 6.24. The van der Waals surface area contributed by atoms with E-state index in [1.807, 2.05) is 12.1 Å². The van der Waals surface area contributed by atoms with Gasteiger partial charge in [0, 0.05) is 0 Å². The number of benzene rings is 2. The van der Waals surface area contributed by atoms with E-state index in [1.54, 1.807) is 12.1 Å². The zero-order valence-electron chi connectivity index (χ0n) is 18.6. The van der Waals surface area contributed by atoms with Crippen molar-refractivity contribution in [2.24, 2.45) is 0 Å². The highest BCUT2D eigenvalue weighted by atomic mass is 35.5. The number of thiocarbonyl (C=S) groups is 1. The summed E-state index contributed by atoms with van der Waals surface area (Å²) in [5, 5.41) is 5.00. The first-order chi connectivity index (χ1) is 15.8. The minimum Gasteiger partial charge on any atom is -0.493 e. The molecular formula is C24H25ClN2O5S. The first-order valence-electron chi connectivity index (χ1n) is 10.4. The molecule has 0 aromatic heterocycles. The topological polar surface area (TPSA) is 85.9 Å². The number of carbonyl (C=O) groups is 2. The zero-order chi connectivity index (χ0) is 24.0. The van der Waals surface area contributed by atoms with Crippen LogP contribution in [0.2, 0.25) is 5.02 Å². The van der Waals surface area contributed by atoms with Gasteiger partial charge in [-0.25, -0.2) is 0 Å². The third-order valence-electron chi connectivity index (χ3n) is 5.17. The Morgan fingerprint density at radius 1 is 1.06 bits per heavy atom. The number of hydrogen-bond acceptors (Lipinski definition) is 6. The molecule has 0 saturated carbocycles. The standard InChI is InChI=1S/C24H25ClN2O5S/c1-4-14(2)16-5-7-17(8-6-16)31-9-10-32-21-19(25)12-15(13-20(21)30-3)11-18-22(28)26-24(33)27-23(18)29/h5-8,11-14H,4,9-10H2,1-3H3,(H2,26,27,28,29,33)/t14-/m0/s1. The van der Waals surface area contributed by atoms with Crippen molar-refractivity contribution in [1.82, 2.24) is 10.6 Å². The second kappa shape index (κ2) is 11.2. The third-order valence-corrected chi connectivity index (χ3v) is 5.65. The molecule has 2 aromatic rings. The van der Waals surface area contributed by atoms with E-state index in [0.29, 0.717) is 29.6 Å². The summed E-state index contributed by atoms with van der Waals surface area (Å²) in [4.78, 5) is 24.1. The predicted octanol–water partition coefficient (Wildman–Crippen LogP) is 4.23. The molecule has 1 aliphatic heterocycles. The Morgan fingerprint density at radius 2 is 1.70 bits per heavy atom. The van der Waals surface area contributed by atoms with Gasteiger partial charge in [-0.3, -0.25) is 20.2 Å². The smallest absolute Gasteiger partial charge is 0.263 e. The van der Waals surface area contributed by atoms with Crippen LogP contribution in [0.15, 0.2) is 42.0 Å². The highest BCUT2D eigenvalue weighted by Gasteiger charge is 2.26. The van der Waals surface area contributed by atoms with Gasteiger partial charge in [-0.15, -0.1) is 0 Å². The Morgan fingerprint density at radius 3 is 2.30 bits per heavy atom. The maximum atomic E-state index is 12.1. The number of hydrogen-bond donors (Lipinski definition) is 2. The van der Waals surface area contributed by atoms with E-state index >= 15 is 0 Å². The summed E-state index contributed by atoms with van der Waals surface area (Å²) in [6.45, 7) is 4.91. The van der Waals surface area contributed by atoms with Gasteiger partial charge in [0.25, 0.3) is 11.8 Å². The van der Waals surface area contributed by atoms with Crippen molar-refractivity contribution in [2.75, 3.05) is 20.3 Å². The quantitative estimate of drug-likeness (QED) is 0.238. The molecule has 0 unspecified atom stereocenters. The number of ether oxygens (including phenoxy) is 3. The Kier molecular flexibility index (Phi) is 8.30. The molecule has 0 bridgehead atoms. The average molecular weight is 489 g/mol. The summed E-state index contributed by atoms with van der Waals surface area (Å²) in [5.41, 5.74) is 1.68. The van der Waals surface area contributed by atoms with E-state index in [1.165, 1.54) is 18.7 Å². The fourth-order valence-corrected chi connectivity index (χ4v) is 3.63. The summed E-state index contributed by atoms with van der Waals surface area (Å²) in [6, 6.07) is 11.2. The number of carbonyl (C=O) groups excluding carboxylic acids is 2. The Labute approximate surface area is 203 Å². The van der Waals surface area contributed by atoms with Crippen molar-refractivity contribution in [1.29, 1.82) is 0 Å². The number of amides is 2. The van der Waals surface area contributed by atoms with Gasteiger partial charge in [-0.05, 0) is 66.0 Å². The van der Waals surface area contributed by atoms with E-state index in [9.17, 15) is 9.59 Å². The number of rotatable bonds is 9. The molecule has 174 valence electrons. The molecule has 1 fully saturated rings. The summed E-state index contributed by atoms with van der Waals surface area (Å²) in [5.74, 6) is 0.793. The second-order valence-electron chi connectivity index (χ2n) is 7.40. The SMILES string of the molecule is CC[C@H](C)c1ccc(OCCOc2c(Cl)cc(C=C3C(=O)NC(=S)NC3=O)cc2OC)cc1. The van der Waals surface area contributed by atoms with Crippen molar-refractivity contribution >= 4 is 46.8 Å². The Balaban J connectivity index is 1.64. The van der Waals surface area contributed by atoms with Crippen LogP contribution in [-0.4, -0.2) is 37.3 Å². The molecule has 2 N–H and O–H groups in total. The largest absolute Gasteiger partial charge is 0.493 e. The molecule has 2 aromatic carbocycles. The van der Waals surface area contributed by atoms with Gasteiger partial charge >= 0.3 is 0 Å². The summed E-state index contributed by atoms with van der Waals surface area (Å²) in [7, 11) is 1.48. The molecular weight excluding hydrogens is 464 g/mol. The average Bonchev–Trinajstić information content (AvgIpc) is 2.79.